The van der Waals surface area contributed by atoms with Gasteiger partial charge in [0.1, 0.15) is 22.9 Å². The smallest absolute Gasteiger partial charge is 0.416 e. The van der Waals surface area contributed by atoms with Gasteiger partial charge in [-0.3, -0.25) is 9.80 Å². The van der Waals surface area contributed by atoms with E-state index >= 15 is 0 Å². The summed E-state index contributed by atoms with van der Waals surface area (Å²) >= 11 is 0. The van der Waals surface area contributed by atoms with Crippen molar-refractivity contribution in [2.45, 2.75) is 39.5 Å². The first-order valence-electron chi connectivity index (χ1n) is 11.5. The maximum Gasteiger partial charge on any atom is 0.416 e. The topological polar surface area (TPSA) is 93.2 Å². The van der Waals surface area contributed by atoms with E-state index in [9.17, 15) is 9.59 Å². The van der Waals surface area contributed by atoms with E-state index in [4.69, 9.17) is 19.2 Å². The number of nitrogens with one attached hydrogen (secondary N) is 1. The number of hydrogen-bond acceptors (Lipinski definition) is 6. The van der Waals surface area contributed by atoms with Crippen LogP contribution in [0.4, 0.5) is 26.8 Å². The Morgan fingerprint density at radius 1 is 1.06 bits per heavy atom. The largest absolute Gasteiger partial charge is 0.497 e. The minimum Gasteiger partial charge on any atom is -0.497 e. The summed E-state index contributed by atoms with van der Waals surface area (Å²) in [5, 5.41) is 2.86. The molecule has 4 rings (SSSR count). The average molecular weight is 491 g/mol. The summed E-state index contributed by atoms with van der Waals surface area (Å²) in [4.78, 5) is 33.8. The van der Waals surface area contributed by atoms with Gasteiger partial charge in [0.05, 0.1) is 44.4 Å². The first-order valence-corrected chi connectivity index (χ1v) is 11.5. The van der Waals surface area contributed by atoms with Gasteiger partial charge in [0.25, 0.3) is 0 Å². The second kappa shape index (κ2) is 10.2. The highest BCUT2D eigenvalue weighted by Gasteiger charge is 2.30. The molecule has 2 heterocycles. The minimum atomic E-state index is -0.703. The van der Waals surface area contributed by atoms with Crippen molar-refractivity contribution in [3.8, 4) is 11.5 Å². The molecule has 0 bridgehead atoms. The summed E-state index contributed by atoms with van der Waals surface area (Å²) in [5.41, 5.74) is 2.05. The molecule has 0 unspecified atom stereocenters. The number of methoxy groups -OCH3 is 2. The fourth-order valence-corrected chi connectivity index (χ4v) is 3.86. The van der Waals surface area contributed by atoms with Gasteiger partial charge >= 0.3 is 12.1 Å². The predicted molar refractivity (Wildman–Crippen MR) is 137 cm³/mol. The molecule has 1 N–H and O–H groups in total. The molecule has 0 saturated carbocycles. The van der Waals surface area contributed by atoms with Crippen LogP contribution in [0.5, 0.6) is 11.5 Å². The molecule has 3 amide bonds. The van der Waals surface area contributed by atoms with E-state index in [1.54, 1.807) is 43.4 Å². The first kappa shape index (κ1) is 24.8. The molecule has 9 heteroatoms. The number of ether oxygens (including phenoxy) is 3. The van der Waals surface area contributed by atoms with Crippen LogP contribution in [-0.2, 0) is 17.8 Å². The third-order valence-corrected chi connectivity index (χ3v) is 5.51. The van der Waals surface area contributed by atoms with Gasteiger partial charge in [0.15, 0.2) is 0 Å². The van der Waals surface area contributed by atoms with Crippen molar-refractivity contribution in [3.63, 3.8) is 0 Å². The Kier molecular flexibility index (Phi) is 7.00. The van der Waals surface area contributed by atoms with Crippen molar-refractivity contribution in [1.82, 2.24) is 10.3 Å². The van der Waals surface area contributed by atoms with Crippen molar-refractivity contribution in [2.75, 3.05) is 24.0 Å². The normalized spacial score (nSPS) is 12.9. The molecular weight excluding hydrogens is 460 g/mol. The first-order chi connectivity index (χ1) is 17.2. The van der Waals surface area contributed by atoms with Gasteiger partial charge < -0.3 is 19.5 Å². The van der Waals surface area contributed by atoms with Crippen molar-refractivity contribution in [1.29, 1.82) is 0 Å². The summed E-state index contributed by atoms with van der Waals surface area (Å²) in [7, 11) is 3.14. The van der Waals surface area contributed by atoms with Crippen LogP contribution in [0.15, 0.2) is 60.7 Å². The molecule has 1 aliphatic rings. The second-order valence-electron chi connectivity index (χ2n) is 9.21. The van der Waals surface area contributed by atoms with Crippen LogP contribution < -0.4 is 24.6 Å². The van der Waals surface area contributed by atoms with E-state index < -0.39 is 11.7 Å². The van der Waals surface area contributed by atoms with Crippen LogP contribution >= 0.6 is 0 Å². The zero-order valence-corrected chi connectivity index (χ0v) is 21.1. The molecule has 0 spiro atoms. The predicted octanol–water partition coefficient (Wildman–Crippen LogP) is 5.40. The Morgan fingerprint density at radius 2 is 1.81 bits per heavy atom. The summed E-state index contributed by atoms with van der Waals surface area (Å²) in [6.07, 6.45) is -0.549. The van der Waals surface area contributed by atoms with Gasteiger partial charge in [-0.2, -0.15) is 0 Å². The number of hydrogen-bond donors (Lipinski definition) is 1. The van der Waals surface area contributed by atoms with Crippen LogP contribution in [0.3, 0.4) is 0 Å². The molecule has 0 radical (unpaired) electrons. The van der Waals surface area contributed by atoms with E-state index in [0.717, 1.165) is 11.3 Å². The Labute approximate surface area is 210 Å². The SMILES string of the molecule is COc1ccc(CN(C(=O)OC(C)(C)C)c2ccc3c(n2)CNC(=O)N3c2ccccc2)c(OC)c1. The summed E-state index contributed by atoms with van der Waals surface area (Å²) in [6, 6.07) is 18.0. The number of pyridine rings is 1. The number of fused-ring (bicyclic) bond motifs is 1. The number of amides is 3. The molecule has 0 aliphatic carbocycles. The van der Waals surface area contributed by atoms with Gasteiger partial charge in [-0.05, 0) is 57.2 Å². The maximum atomic E-state index is 13.3. The molecule has 1 aliphatic heterocycles. The highest BCUT2D eigenvalue weighted by Crippen LogP contribution is 2.34. The summed E-state index contributed by atoms with van der Waals surface area (Å²) < 4.78 is 16.5. The van der Waals surface area contributed by atoms with E-state index in [1.807, 2.05) is 57.2 Å². The molecule has 0 fully saturated rings. The van der Waals surface area contributed by atoms with Crippen LogP contribution in [0.25, 0.3) is 0 Å². The van der Waals surface area contributed by atoms with Gasteiger partial charge in [0.2, 0.25) is 0 Å². The lowest BCUT2D eigenvalue weighted by molar-refractivity contribution is 0.0576. The lowest BCUT2D eigenvalue weighted by Crippen LogP contribution is -2.42. The fourth-order valence-electron chi connectivity index (χ4n) is 3.86. The van der Waals surface area contributed by atoms with Crippen LogP contribution in [0.1, 0.15) is 32.0 Å². The van der Waals surface area contributed by atoms with E-state index in [0.29, 0.717) is 28.7 Å². The molecule has 0 saturated heterocycles. The Morgan fingerprint density at radius 3 is 2.47 bits per heavy atom. The van der Waals surface area contributed by atoms with Crippen molar-refractivity contribution in [3.05, 3.63) is 71.9 Å². The Balaban J connectivity index is 1.73. The number of para-hydroxylation sites is 1. The number of benzene rings is 2. The standard InChI is InChI=1S/C27H30N4O5/c1-27(2,3)36-26(33)30(17-18-11-12-20(34-4)15-23(18)35-5)24-14-13-22-21(29-24)16-28-25(32)31(22)19-9-7-6-8-10-19/h6-15H,16-17H2,1-5H3,(H,28,32). The number of urea groups is 1. The molecule has 9 nitrogen and oxygen atoms in total. The quantitative estimate of drug-likeness (QED) is 0.497. The summed E-state index contributed by atoms with van der Waals surface area (Å²) in [6.45, 7) is 5.82. The zero-order chi connectivity index (χ0) is 25.9. The fraction of sp³-hybridized carbons (Fsp3) is 0.296. The lowest BCUT2D eigenvalue weighted by atomic mass is 10.1. The van der Waals surface area contributed by atoms with Crippen LogP contribution in [0, 0.1) is 0 Å². The third kappa shape index (κ3) is 5.35. The lowest BCUT2D eigenvalue weighted by Gasteiger charge is -2.31. The third-order valence-electron chi connectivity index (χ3n) is 5.51. The minimum absolute atomic E-state index is 0.155. The van der Waals surface area contributed by atoms with E-state index in [2.05, 4.69) is 5.32 Å². The highest BCUT2D eigenvalue weighted by molar-refractivity contribution is 6.01. The van der Waals surface area contributed by atoms with Gasteiger partial charge in [-0.15, -0.1) is 0 Å². The highest BCUT2D eigenvalue weighted by atomic mass is 16.6. The monoisotopic (exact) mass is 490 g/mol. The number of aromatic nitrogens is 1. The number of anilines is 3. The Hall–Kier alpha value is -4.27. The second-order valence-corrected chi connectivity index (χ2v) is 9.21. The molecule has 36 heavy (non-hydrogen) atoms. The molecule has 1 aromatic heterocycles. The zero-order valence-electron chi connectivity index (χ0n) is 21.1. The maximum absolute atomic E-state index is 13.3. The average Bonchev–Trinajstić information content (AvgIpc) is 2.86. The number of rotatable bonds is 6. The molecule has 2 aromatic carbocycles. The Bertz CT molecular complexity index is 1260. The van der Waals surface area contributed by atoms with Crippen LogP contribution in [0.2, 0.25) is 0 Å². The van der Waals surface area contributed by atoms with Gasteiger partial charge in [0, 0.05) is 11.6 Å². The number of nitrogens with zero attached hydrogens (tertiary/aromatic N) is 3. The number of carbonyl (C=O) groups is 2. The van der Waals surface area contributed by atoms with Gasteiger partial charge in [-0.1, -0.05) is 18.2 Å². The van der Waals surface area contributed by atoms with Crippen molar-refractivity contribution >= 4 is 29.3 Å². The van der Waals surface area contributed by atoms with Gasteiger partial charge in [-0.25, -0.2) is 14.6 Å². The molecule has 0 atom stereocenters. The van der Waals surface area contributed by atoms with Crippen LogP contribution in [-0.4, -0.2) is 36.9 Å². The number of carbonyl (C=O) groups excluding carboxylic acids is 2. The summed E-state index contributed by atoms with van der Waals surface area (Å²) in [5.74, 6) is 1.61. The van der Waals surface area contributed by atoms with E-state index in [1.165, 1.54) is 4.90 Å². The molecule has 3 aromatic rings. The molecule has 188 valence electrons. The van der Waals surface area contributed by atoms with Crippen molar-refractivity contribution < 1.29 is 23.8 Å². The molecular formula is C27H30N4O5. The van der Waals surface area contributed by atoms with E-state index in [-0.39, 0.29) is 19.1 Å². The van der Waals surface area contributed by atoms with Crippen molar-refractivity contribution in [2.24, 2.45) is 0 Å².